The molecule has 0 aromatic carbocycles. The molecule has 96 valence electrons. The van der Waals surface area contributed by atoms with Crippen LogP contribution in [0.3, 0.4) is 0 Å². The van der Waals surface area contributed by atoms with Gasteiger partial charge in [0.2, 0.25) is 0 Å². The van der Waals surface area contributed by atoms with E-state index in [0.29, 0.717) is 5.82 Å². The molecular weight excluding hydrogens is 244 g/mol. The number of nitrogen functional groups attached to an aromatic ring is 1. The highest BCUT2D eigenvalue weighted by molar-refractivity contribution is 7.09. The van der Waals surface area contributed by atoms with E-state index in [0.717, 1.165) is 37.2 Å². The average Bonchev–Trinajstić information content (AvgIpc) is 2.86. The zero-order valence-electron chi connectivity index (χ0n) is 10.5. The molecule has 3 N–H and O–H groups in total. The Balaban J connectivity index is 1.98. The van der Waals surface area contributed by atoms with Gasteiger partial charge in [0.05, 0.1) is 0 Å². The zero-order valence-corrected chi connectivity index (χ0v) is 11.3. The molecule has 0 saturated heterocycles. The predicted octanol–water partition coefficient (Wildman–Crippen LogP) is 2.73. The Morgan fingerprint density at radius 3 is 2.94 bits per heavy atom. The van der Waals surface area contributed by atoms with E-state index in [1.165, 1.54) is 11.2 Å². The van der Waals surface area contributed by atoms with Crippen LogP contribution in [0.5, 0.6) is 0 Å². The third-order valence-electron chi connectivity index (χ3n) is 2.72. The van der Waals surface area contributed by atoms with Crippen LogP contribution in [0.1, 0.15) is 23.8 Å². The first-order chi connectivity index (χ1) is 8.81. The molecule has 0 aliphatic rings. The Kier molecular flexibility index (Phi) is 4.52. The minimum absolute atomic E-state index is 0.588. The first-order valence-corrected chi connectivity index (χ1v) is 7.04. The molecule has 0 fully saturated rings. The van der Waals surface area contributed by atoms with Gasteiger partial charge < -0.3 is 11.1 Å². The highest BCUT2D eigenvalue weighted by Crippen LogP contribution is 2.19. The maximum absolute atomic E-state index is 5.88. The Morgan fingerprint density at radius 1 is 1.33 bits per heavy atom. The third kappa shape index (κ3) is 3.20. The molecule has 0 spiro atoms. The van der Waals surface area contributed by atoms with Crippen molar-refractivity contribution in [1.82, 2.24) is 9.97 Å². The van der Waals surface area contributed by atoms with E-state index >= 15 is 0 Å². The third-order valence-corrected chi connectivity index (χ3v) is 3.66. The summed E-state index contributed by atoms with van der Waals surface area (Å²) in [6.45, 7) is 3.00. The molecule has 2 rings (SSSR count). The van der Waals surface area contributed by atoms with Gasteiger partial charge in [0.1, 0.15) is 18.0 Å². The van der Waals surface area contributed by atoms with Crippen LogP contribution in [-0.4, -0.2) is 16.5 Å². The maximum atomic E-state index is 5.88. The van der Waals surface area contributed by atoms with E-state index in [9.17, 15) is 0 Å². The minimum Gasteiger partial charge on any atom is -0.383 e. The van der Waals surface area contributed by atoms with Crippen molar-refractivity contribution in [3.63, 3.8) is 0 Å². The molecule has 18 heavy (non-hydrogen) atoms. The number of aromatic nitrogens is 2. The number of thiophene rings is 1. The lowest BCUT2D eigenvalue weighted by Crippen LogP contribution is -2.10. The fourth-order valence-electron chi connectivity index (χ4n) is 1.83. The number of nitrogens with zero attached hydrogens (tertiary/aromatic N) is 2. The number of anilines is 2. The van der Waals surface area contributed by atoms with Crippen molar-refractivity contribution < 1.29 is 0 Å². The standard InChI is InChI=1S/C13H18N4S/c1-2-4-11-12(14)16-9-17-13(11)15-7-6-10-5-3-8-18-10/h3,5,8-9H,2,4,6-7H2,1H3,(H3,14,15,16,17). The van der Waals surface area contributed by atoms with Crippen LogP contribution in [-0.2, 0) is 12.8 Å². The number of nitrogens with two attached hydrogens (primary N) is 1. The molecule has 2 heterocycles. The summed E-state index contributed by atoms with van der Waals surface area (Å²) in [7, 11) is 0. The molecule has 0 saturated carbocycles. The SMILES string of the molecule is CCCc1c(N)ncnc1NCCc1cccs1. The molecule has 0 aliphatic carbocycles. The fourth-order valence-corrected chi connectivity index (χ4v) is 2.54. The lowest BCUT2D eigenvalue weighted by Gasteiger charge is -2.11. The second kappa shape index (κ2) is 6.35. The van der Waals surface area contributed by atoms with Crippen molar-refractivity contribution in [1.29, 1.82) is 0 Å². The normalized spacial score (nSPS) is 10.5. The van der Waals surface area contributed by atoms with Gasteiger partial charge in [0.25, 0.3) is 0 Å². The van der Waals surface area contributed by atoms with Crippen molar-refractivity contribution >= 4 is 23.0 Å². The highest BCUT2D eigenvalue weighted by atomic mass is 32.1. The molecule has 2 aromatic rings. The Morgan fingerprint density at radius 2 is 2.22 bits per heavy atom. The summed E-state index contributed by atoms with van der Waals surface area (Å²) >= 11 is 1.78. The number of rotatable bonds is 6. The summed E-state index contributed by atoms with van der Waals surface area (Å²) in [5.41, 5.74) is 6.92. The fraction of sp³-hybridized carbons (Fsp3) is 0.385. The van der Waals surface area contributed by atoms with Crippen molar-refractivity contribution in [3.8, 4) is 0 Å². The Hall–Kier alpha value is -1.62. The lowest BCUT2D eigenvalue weighted by atomic mass is 10.1. The van der Waals surface area contributed by atoms with Crippen molar-refractivity contribution in [2.45, 2.75) is 26.2 Å². The molecule has 4 nitrogen and oxygen atoms in total. The summed E-state index contributed by atoms with van der Waals surface area (Å²) in [6, 6.07) is 4.22. The Bertz CT molecular complexity index is 482. The van der Waals surface area contributed by atoms with E-state index < -0.39 is 0 Å². The van der Waals surface area contributed by atoms with Gasteiger partial charge in [-0.25, -0.2) is 9.97 Å². The van der Waals surface area contributed by atoms with Gasteiger partial charge in [-0.2, -0.15) is 0 Å². The highest BCUT2D eigenvalue weighted by Gasteiger charge is 2.07. The second-order valence-electron chi connectivity index (χ2n) is 4.09. The summed E-state index contributed by atoms with van der Waals surface area (Å²) < 4.78 is 0. The van der Waals surface area contributed by atoms with Gasteiger partial charge in [-0.05, 0) is 24.3 Å². The zero-order chi connectivity index (χ0) is 12.8. The van der Waals surface area contributed by atoms with Gasteiger partial charge >= 0.3 is 0 Å². The van der Waals surface area contributed by atoms with E-state index in [1.54, 1.807) is 11.3 Å². The minimum atomic E-state index is 0.588. The monoisotopic (exact) mass is 262 g/mol. The first kappa shape index (κ1) is 12.8. The molecule has 0 unspecified atom stereocenters. The summed E-state index contributed by atoms with van der Waals surface area (Å²) in [6.07, 6.45) is 4.47. The van der Waals surface area contributed by atoms with Crippen LogP contribution in [0.15, 0.2) is 23.8 Å². The van der Waals surface area contributed by atoms with Crippen molar-refractivity contribution in [2.24, 2.45) is 0 Å². The van der Waals surface area contributed by atoms with Gasteiger partial charge in [-0.1, -0.05) is 19.4 Å². The molecule has 0 aliphatic heterocycles. The molecule has 2 aromatic heterocycles. The van der Waals surface area contributed by atoms with Gasteiger partial charge in [0, 0.05) is 17.0 Å². The second-order valence-corrected chi connectivity index (χ2v) is 5.12. The maximum Gasteiger partial charge on any atom is 0.134 e. The van der Waals surface area contributed by atoms with Crippen molar-refractivity contribution in [2.75, 3.05) is 17.6 Å². The summed E-state index contributed by atoms with van der Waals surface area (Å²) in [5.74, 6) is 1.46. The van der Waals surface area contributed by atoms with E-state index in [1.807, 2.05) is 0 Å². The molecule has 0 atom stereocenters. The Labute approximate surface area is 111 Å². The molecule has 0 bridgehead atoms. The quantitative estimate of drug-likeness (QED) is 0.840. The van der Waals surface area contributed by atoms with E-state index in [2.05, 4.69) is 39.7 Å². The van der Waals surface area contributed by atoms with Crippen LogP contribution in [0.25, 0.3) is 0 Å². The topological polar surface area (TPSA) is 63.8 Å². The molecule has 5 heteroatoms. The van der Waals surface area contributed by atoms with Crippen LogP contribution >= 0.6 is 11.3 Å². The van der Waals surface area contributed by atoms with Crippen molar-refractivity contribution in [3.05, 3.63) is 34.3 Å². The van der Waals surface area contributed by atoms with Crippen LogP contribution in [0, 0.1) is 0 Å². The summed E-state index contributed by atoms with van der Waals surface area (Å²) in [5, 5.41) is 5.45. The predicted molar refractivity (Wildman–Crippen MR) is 77.0 cm³/mol. The van der Waals surface area contributed by atoms with Gasteiger partial charge in [0.15, 0.2) is 0 Å². The van der Waals surface area contributed by atoms with Crippen LogP contribution < -0.4 is 11.1 Å². The summed E-state index contributed by atoms with van der Waals surface area (Å²) in [4.78, 5) is 9.70. The number of nitrogens with one attached hydrogen (secondary N) is 1. The molecule has 0 radical (unpaired) electrons. The number of hydrogen-bond acceptors (Lipinski definition) is 5. The van der Waals surface area contributed by atoms with E-state index in [4.69, 9.17) is 5.73 Å². The van der Waals surface area contributed by atoms with Crippen LogP contribution in [0.4, 0.5) is 11.6 Å². The number of hydrogen-bond donors (Lipinski definition) is 2. The smallest absolute Gasteiger partial charge is 0.134 e. The molecule has 0 amide bonds. The van der Waals surface area contributed by atoms with Gasteiger partial charge in [-0.15, -0.1) is 11.3 Å². The molecular formula is C13H18N4S. The largest absolute Gasteiger partial charge is 0.383 e. The lowest BCUT2D eigenvalue weighted by molar-refractivity contribution is 0.899. The van der Waals surface area contributed by atoms with Crippen LogP contribution in [0.2, 0.25) is 0 Å². The average molecular weight is 262 g/mol. The first-order valence-electron chi connectivity index (χ1n) is 6.17. The van der Waals surface area contributed by atoms with E-state index in [-0.39, 0.29) is 0 Å². The van der Waals surface area contributed by atoms with Gasteiger partial charge in [-0.3, -0.25) is 0 Å².